The van der Waals surface area contributed by atoms with Gasteiger partial charge in [0, 0.05) is 11.9 Å². The van der Waals surface area contributed by atoms with Crippen molar-refractivity contribution in [2.45, 2.75) is 45.4 Å². The van der Waals surface area contributed by atoms with Gasteiger partial charge in [0.1, 0.15) is 5.69 Å². The zero-order chi connectivity index (χ0) is 11.6. The lowest BCUT2D eigenvalue weighted by Crippen LogP contribution is -2.01. The van der Waals surface area contributed by atoms with Crippen LogP contribution < -0.4 is 5.32 Å². The van der Waals surface area contributed by atoms with Crippen molar-refractivity contribution in [3.05, 3.63) is 11.1 Å². The van der Waals surface area contributed by atoms with Gasteiger partial charge in [0.15, 0.2) is 11.4 Å². The summed E-state index contributed by atoms with van der Waals surface area (Å²) >= 11 is 1.49. The van der Waals surface area contributed by atoms with E-state index in [-0.39, 0.29) is 0 Å². The van der Waals surface area contributed by atoms with Crippen molar-refractivity contribution in [1.82, 2.24) is 4.98 Å². The maximum Gasteiger partial charge on any atom is 0.183 e. The molecule has 0 spiro atoms. The summed E-state index contributed by atoms with van der Waals surface area (Å²) in [6.45, 7) is 3.19. The molecule has 4 heteroatoms. The summed E-state index contributed by atoms with van der Waals surface area (Å²) in [5.74, 6) is 0. The Labute approximate surface area is 101 Å². The average Bonchev–Trinajstić information content (AvgIpc) is 2.76. The molecule has 0 radical (unpaired) electrons. The Balaban J connectivity index is 2.00. The van der Waals surface area contributed by atoms with Gasteiger partial charge in [0.2, 0.25) is 0 Å². The quantitative estimate of drug-likeness (QED) is 0.528. The van der Waals surface area contributed by atoms with Crippen LogP contribution in [0.2, 0.25) is 0 Å². The number of rotatable bonds is 9. The number of anilines is 1. The molecular weight excluding hydrogens is 220 g/mol. The number of hydrogen-bond donors (Lipinski definition) is 1. The van der Waals surface area contributed by atoms with Crippen LogP contribution >= 0.6 is 11.3 Å². The molecule has 1 aromatic rings. The van der Waals surface area contributed by atoms with Gasteiger partial charge in [-0.25, -0.2) is 4.98 Å². The van der Waals surface area contributed by atoms with Crippen LogP contribution in [0.15, 0.2) is 5.38 Å². The monoisotopic (exact) mass is 240 g/mol. The van der Waals surface area contributed by atoms with Crippen LogP contribution in [0.1, 0.15) is 55.9 Å². The fraction of sp³-hybridized carbons (Fsp3) is 0.667. The Kier molecular flexibility index (Phi) is 6.81. The molecule has 1 rings (SSSR count). The average molecular weight is 240 g/mol. The van der Waals surface area contributed by atoms with E-state index in [1.807, 2.05) is 0 Å². The summed E-state index contributed by atoms with van der Waals surface area (Å²) in [7, 11) is 0. The minimum absolute atomic E-state index is 0.524. The van der Waals surface area contributed by atoms with E-state index in [2.05, 4.69) is 17.2 Å². The number of carbonyl (C=O) groups is 1. The SMILES string of the molecule is CCCCCCCCNc1nc(C=O)cs1. The Morgan fingerprint density at radius 3 is 2.75 bits per heavy atom. The van der Waals surface area contributed by atoms with Crippen molar-refractivity contribution in [3.63, 3.8) is 0 Å². The second-order valence-corrected chi connectivity index (χ2v) is 4.75. The Morgan fingerprint density at radius 2 is 2.06 bits per heavy atom. The molecule has 0 aromatic carbocycles. The van der Waals surface area contributed by atoms with Crippen LogP contribution in [-0.2, 0) is 0 Å². The van der Waals surface area contributed by atoms with Crippen LogP contribution in [0.4, 0.5) is 5.13 Å². The standard InChI is InChI=1S/C12H20N2OS/c1-2-3-4-5-6-7-8-13-12-14-11(9-15)10-16-12/h9-10H,2-8H2,1H3,(H,13,14). The van der Waals surface area contributed by atoms with Crippen molar-refractivity contribution < 1.29 is 4.79 Å². The molecule has 0 saturated heterocycles. The highest BCUT2D eigenvalue weighted by Gasteiger charge is 1.99. The third kappa shape index (κ3) is 5.26. The van der Waals surface area contributed by atoms with E-state index in [0.29, 0.717) is 5.69 Å². The van der Waals surface area contributed by atoms with Crippen LogP contribution in [0, 0.1) is 0 Å². The molecule has 0 aliphatic heterocycles. The van der Waals surface area contributed by atoms with Gasteiger partial charge in [-0.3, -0.25) is 4.79 Å². The molecule has 1 N–H and O–H groups in total. The zero-order valence-electron chi connectivity index (χ0n) is 9.87. The Hall–Kier alpha value is -0.900. The van der Waals surface area contributed by atoms with E-state index in [0.717, 1.165) is 18.0 Å². The molecule has 0 saturated carbocycles. The first-order chi connectivity index (χ1) is 7.86. The van der Waals surface area contributed by atoms with E-state index in [9.17, 15) is 4.79 Å². The fourth-order valence-electron chi connectivity index (χ4n) is 1.52. The van der Waals surface area contributed by atoms with Gasteiger partial charge in [0.25, 0.3) is 0 Å². The number of unbranched alkanes of at least 4 members (excludes halogenated alkanes) is 5. The number of aromatic nitrogens is 1. The third-order valence-corrected chi connectivity index (χ3v) is 3.27. The van der Waals surface area contributed by atoms with Crippen molar-refractivity contribution in [2.24, 2.45) is 0 Å². The first-order valence-corrected chi connectivity index (χ1v) is 6.89. The Morgan fingerprint density at radius 1 is 1.31 bits per heavy atom. The molecule has 0 atom stereocenters. The Bertz CT molecular complexity index is 299. The zero-order valence-corrected chi connectivity index (χ0v) is 10.7. The highest BCUT2D eigenvalue weighted by molar-refractivity contribution is 7.13. The summed E-state index contributed by atoms with van der Waals surface area (Å²) in [6.07, 6.45) is 8.56. The molecule has 1 heterocycles. The van der Waals surface area contributed by atoms with Gasteiger partial charge in [-0.1, -0.05) is 39.0 Å². The molecule has 16 heavy (non-hydrogen) atoms. The molecule has 0 aliphatic carbocycles. The number of nitrogens with zero attached hydrogens (tertiary/aromatic N) is 1. The normalized spacial score (nSPS) is 10.3. The van der Waals surface area contributed by atoms with Crippen molar-refractivity contribution in [3.8, 4) is 0 Å². The number of thiazole rings is 1. The van der Waals surface area contributed by atoms with Gasteiger partial charge >= 0.3 is 0 Å². The maximum absolute atomic E-state index is 10.4. The van der Waals surface area contributed by atoms with Gasteiger partial charge in [0.05, 0.1) is 0 Å². The molecule has 1 aromatic heterocycles. The molecule has 0 unspecified atom stereocenters. The smallest absolute Gasteiger partial charge is 0.183 e. The molecule has 0 bridgehead atoms. The maximum atomic E-state index is 10.4. The van der Waals surface area contributed by atoms with Crippen LogP contribution in [0.25, 0.3) is 0 Å². The van der Waals surface area contributed by atoms with Gasteiger partial charge in [-0.15, -0.1) is 11.3 Å². The first-order valence-electron chi connectivity index (χ1n) is 6.01. The lowest BCUT2D eigenvalue weighted by atomic mass is 10.1. The molecule has 90 valence electrons. The van der Waals surface area contributed by atoms with E-state index in [1.165, 1.54) is 49.9 Å². The second-order valence-electron chi connectivity index (χ2n) is 3.89. The van der Waals surface area contributed by atoms with Gasteiger partial charge in [-0.05, 0) is 6.42 Å². The second kappa shape index (κ2) is 8.28. The molecule has 0 aliphatic rings. The number of carbonyl (C=O) groups excluding carboxylic acids is 1. The molecular formula is C12H20N2OS. The van der Waals surface area contributed by atoms with E-state index in [4.69, 9.17) is 0 Å². The number of aldehydes is 1. The fourth-order valence-corrected chi connectivity index (χ4v) is 2.21. The van der Waals surface area contributed by atoms with E-state index >= 15 is 0 Å². The minimum atomic E-state index is 0.524. The summed E-state index contributed by atoms with van der Waals surface area (Å²) < 4.78 is 0. The molecule has 0 fully saturated rings. The van der Waals surface area contributed by atoms with Crippen LogP contribution in [0.5, 0.6) is 0 Å². The summed E-state index contributed by atoms with van der Waals surface area (Å²) in [5.41, 5.74) is 0.524. The van der Waals surface area contributed by atoms with Gasteiger partial charge < -0.3 is 5.32 Å². The molecule has 3 nitrogen and oxygen atoms in total. The summed E-state index contributed by atoms with van der Waals surface area (Å²) in [4.78, 5) is 14.5. The predicted molar refractivity (Wildman–Crippen MR) is 69.4 cm³/mol. The van der Waals surface area contributed by atoms with Crippen molar-refractivity contribution >= 4 is 22.8 Å². The van der Waals surface area contributed by atoms with E-state index < -0.39 is 0 Å². The van der Waals surface area contributed by atoms with E-state index in [1.54, 1.807) is 5.38 Å². The molecule has 0 amide bonds. The topological polar surface area (TPSA) is 42.0 Å². The number of nitrogens with one attached hydrogen (secondary N) is 1. The highest BCUT2D eigenvalue weighted by atomic mass is 32.1. The van der Waals surface area contributed by atoms with Crippen LogP contribution in [0.3, 0.4) is 0 Å². The first kappa shape index (κ1) is 13.2. The third-order valence-electron chi connectivity index (χ3n) is 2.45. The largest absolute Gasteiger partial charge is 0.362 e. The van der Waals surface area contributed by atoms with Crippen molar-refractivity contribution in [1.29, 1.82) is 0 Å². The highest BCUT2D eigenvalue weighted by Crippen LogP contribution is 2.14. The predicted octanol–water partition coefficient (Wildman–Crippen LogP) is 3.73. The van der Waals surface area contributed by atoms with Crippen LogP contribution in [-0.4, -0.2) is 17.8 Å². The lowest BCUT2D eigenvalue weighted by molar-refractivity contribution is 0.111. The van der Waals surface area contributed by atoms with Gasteiger partial charge in [-0.2, -0.15) is 0 Å². The summed E-state index contributed by atoms with van der Waals surface area (Å²) in [6, 6.07) is 0. The number of hydrogen-bond acceptors (Lipinski definition) is 4. The summed E-state index contributed by atoms with van der Waals surface area (Å²) in [5, 5.41) is 5.87. The lowest BCUT2D eigenvalue weighted by Gasteiger charge is -2.02. The van der Waals surface area contributed by atoms with Crippen molar-refractivity contribution in [2.75, 3.05) is 11.9 Å². The minimum Gasteiger partial charge on any atom is -0.362 e.